The standard InChI is InChI=1S/C12H12FN5O/c13-7-1-2-11(15-4-7)18-12(19)9-3-8-10(5-14-9)17-6-16-8/h1-2,4,6,9,14H,3,5H2,(H,16,17)(H,15,18,19). The molecule has 1 atom stereocenters. The predicted octanol–water partition coefficient (Wildman–Crippen LogP) is 0.597. The Balaban J connectivity index is 1.67. The number of aromatic nitrogens is 3. The highest BCUT2D eigenvalue weighted by atomic mass is 19.1. The van der Waals surface area contributed by atoms with Crippen molar-refractivity contribution in [1.29, 1.82) is 0 Å². The van der Waals surface area contributed by atoms with Crippen molar-refractivity contribution in [2.75, 3.05) is 5.32 Å². The highest BCUT2D eigenvalue weighted by molar-refractivity contribution is 5.94. The summed E-state index contributed by atoms with van der Waals surface area (Å²) < 4.78 is 12.7. The van der Waals surface area contributed by atoms with Gasteiger partial charge in [0.15, 0.2) is 0 Å². The number of hydrogen-bond acceptors (Lipinski definition) is 4. The number of anilines is 1. The average molecular weight is 261 g/mol. The lowest BCUT2D eigenvalue weighted by Crippen LogP contribution is -2.44. The summed E-state index contributed by atoms with van der Waals surface area (Å²) in [5.41, 5.74) is 1.90. The molecule has 1 unspecified atom stereocenters. The van der Waals surface area contributed by atoms with Crippen LogP contribution in [0, 0.1) is 5.82 Å². The predicted molar refractivity (Wildman–Crippen MR) is 65.7 cm³/mol. The number of pyridine rings is 1. The first-order valence-corrected chi connectivity index (χ1v) is 5.89. The first-order chi connectivity index (χ1) is 9.22. The lowest BCUT2D eigenvalue weighted by Gasteiger charge is -2.21. The summed E-state index contributed by atoms with van der Waals surface area (Å²) >= 11 is 0. The minimum atomic E-state index is -0.435. The topological polar surface area (TPSA) is 82.7 Å². The SMILES string of the molecule is O=C(Nc1ccc(F)cn1)C1Cc2nc[nH]c2CN1. The number of carbonyl (C=O) groups is 1. The van der Waals surface area contributed by atoms with E-state index in [0.717, 1.165) is 17.6 Å². The van der Waals surface area contributed by atoms with Crippen LogP contribution in [0.5, 0.6) is 0 Å². The van der Waals surface area contributed by atoms with E-state index in [-0.39, 0.29) is 11.9 Å². The second kappa shape index (κ2) is 4.77. The lowest BCUT2D eigenvalue weighted by atomic mass is 10.0. The van der Waals surface area contributed by atoms with Crippen molar-refractivity contribution in [2.24, 2.45) is 0 Å². The molecule has 19 heavy (non-hydrogen) atoms. The second-order valence-corrected chi connectivity index (χ2v) is 4.32. The van der Waals surface area contributed by atoms with E-state index < -0.39 is 5.82 Å². The number of aromatic amines is 1. The fourth-order valence-electron chi connectivity index (χ4n) is 2.02. The molecule has 98 valence electrons. The van der Waals surface area contributed by atoms with Crippen molar-refractivity contribution in [3.63, 3.8) is 0 Å². The fourth-order valence-corrected chi connectivity index (χ4v) is 2.02. The lowest BCUT2D eigenvalue weighted by molar-refractivity contribution is -0.118. The summed E-state index contributed by atoms with van der Waals surface area (Å²) in [4.78, 5) is 23.0. The van der Waals surface area contributed by atoms with E-state index in [1.807, 2.05) is 0 Å². The van der Waals surface area contributed by atoms with Crippen LogP contribution in [0.15, 0.2) is 24.7 Å². The minimum Gasteiger partial charge on any atom is -0.347 e. The normalized spacial score (nSPS) is 17.8. The van der Waals surface area contributed by atoms with Gasteiger partial charge in [-0.15, -0.1) is 0 Å². The zero-order valence-corrected chi connectivity index (χ0v) is 9.98. The molecule has 3 rings (SSSR count). The number of imidazole rings is 1. The molecule has 0 bridgehead atoms. The van der Waals surface area contributed by atoms with Crippen molar-refractivity contribution in [1.82, 2.24) is 20.3 Å². The number of nitrogens with one attached hydrogen (secondary N) is 3. The smallest absolute Gasteiger partial charge is 0.243 e. The van der Waals surface area contributed by atoms with Crippen LogP contribution in [0.4, 0.5) is 10.2 Å². The molecule has 0 spiro atoms. The summed E-state index contributed by atoms with van der Waals surface area (Å²) in [6, 6.07) is 2.32. The third-order valence-electron chi connectivity index (χ3n) is 3.03. The number of fused-ring (bicyclic) bond motifs is 1. The molecule has 2 aromatic rings. The molecule has 1 aliphatic heterocycles. The molecule has 6 nitrogen and oxygen atoms in total. The van der Waals surface area contributed by atoms with E-state index in [1.54, 1.807) is 6.33 Å². The molecular weight excluding hydrogens is 249 g/mol. The molecule has 7 heteroatoms. The molecule has 0 radical (unpaired) electrons. The molecule has 0 aromatic carbocycles. The van der Waals surface area contributed by atoms with Crippen LogP contribution in [0.2, 0.25) is 0 Å². The van der Waals surface area contributed by atoms with Crippen molar-refractivity contribution in [3.8, 4) is 0 Å². The van der Waals surface area contributed by atoms with Crippen LogP contribution in [0.3, 0.4) is 0 Å². The summed E-state index contributed by atoms with van der Waals surface area (Å²) in [5.74, 6) is -0.302. The van der Waals surface area contributed by atoms with Gasteiger partial charge >= 0.3 is 0 Å². The third-order valence-corrected chi connectivity index (χ3v) is 3.03. The van der Waals surface area contributed by atoms with Gasteiger partial charge in [-0.3, -0.25) is 10.1 Å². The van der Waals surface area contributed by atoms with E-state index >= 15 is 0 Å². The summed E-state index contributed by atoms with van der Waals surface area (Å²) in [7, 11) is 0. The second-order valence-electron chi connectivity index (χ2n) is 4.32. The minimum absolute atomic E-state index is 0.201. The van der Waals surface area contributed by atoms with Gasteiger partial charge in [-0.1, -0.05) is 0 Å². The van der Waals surface area contributed by atoms with Gasteiger partial charge in [0, 0.05) is 13.0 Å². The Bertz CT molecular complexity index is 594. The molecule has 0 saturated heterocycles. The Morgan fingerprint density at radius 2 is 2.32 bits per heavy atom. The Morgan fingerprint density at radius 3 is 3.11 bits per heavy atom. The zero-order valence-electron chi connectivity index (χ0n) is 9.98. The third kappa shape index (κ3) is 2.45. The average Bonchev–Trinajstić information content (AvgIpc) is 2.88. The van der Waals surface area contributed by atoms with E-state index in [4.69, 9.17) is 0 Å². The summed E-state index contributed by atoms with van der Waals surface area (Å²) in [5, 5.41) is 5.75. The molecule has 2 aromatic heterocycles. The molecule has 0 saturated carbocycles. The van der Waals surface area contributed by atoms with Crippen LogP contribution in [0.1, 0.15) is 11.4 Å². The van der Waals surface area contributed by atoms with Gasteiger partial charge < -0.3 is 10.3 Å². The van der Waals surface area contributed by atoms with Crippen molar-refractivity contribution in [3.05, 3.63) is 41.9 Å². The number of halogens is 1. The number of rotatable bonds is 2. The number of carbonyl (C=O) groups excluding carboxylic acids is 1. The number of H-pyrrole nitrogens is 1. The van der Waals surface area contributed by atoms with Crippen LogP contribution >= 0.6 is 0 Å². The van der Waals surface area contributed by atoms with E-state index in [9.17, 15) is 9.18 Å². The Morgan fingerprint density at radius 1 is 1.42 bits per heavy atom. The van der Waals surface area contributed by atoms with Gasteiger partial charge in [0.2, 0.25) is 5.91 Å². The number of nitrogens with zero attached hydrogens (tertiary/aromatic N) is 2. The highest BCUT2D eigenvalue weighted by Gasteiger charge is 2.25. The number of hydrogen-bond donors (Lipinski definition) is 3. The highest BCUT2D eigenvalue weighted by Crippen LogP contribution is 2.13. The van der Waals surface area contributed by atoms with Gasteiger partial charge in [0.05, 0.1) is 30.0 Å². The van der Waals surface area contributed by atoms with Gasteiger partial charge in [0.25, 0.3) is 0 Å². The van der Waals surface area contributed by atoms with Crippen LogP contribution in [0.25, 0.3) is 0 Å². The molecule has 3 N–H and O–H groups in total. The van der Waals surface area contributed by atoms with Gasteiger partial charge in [0.1, 0.15) is 11.6 Å². The maximum atomic E-state index is 12.7. The van der Waals surface area contributed by atoms with Gasteiger partial charge in [-0.2, -0.15) is 0 Å². The molecular formula is C12H12FN5O. The van der Waals surface area contributed by atoms with Gasteiger partial charge in [-0.05, 0) is 12.1 Å². The first kappa shape index (κ1) is 11.8. The Hall–Kier alpha value is -2.28. The summed E-state index contributed by atoms with van der Waals surface area (Å²) in [6.07, 6.45) is 3.20. The Kier molecular flexibility index (Phi) is 2.96. The molecule has 3 heterocycles. The van der Waals surface area contributed by atoms with Crippen molar-refractivity contribution >= 4 is 11.7 Å². The van der Waals surface area contributed by atoms with Crippen LogP contribution in [-0.4, -0.2) is 26.9 Å². The van der Waals surface area contributed by atoms with Crippen molar-refractivity contribution in [2.45, 2.75) is 19.0 Å². The first-order valence-electron chi connectivity index (χ1n) is 5.89. The quantitative estimate of drug-likeness (QED) is 0.739. The van der Waals surface area contributed by atoms with Crippen LogP contribution in [-0.2, 0) is 17.8 Å². The summed E-state index contributed by atoms with van der Waals surface area (Å²) in [6.45, 7) is 0.574. The zero-order chi connectivity index (χ0) is 13.2. The van der Waals surface area contributed by atoms with E-state index in [2.05, 4.69) is 25.6 Å². The fraction of sp³-hybridized carbons (Fsp3) is 0.250. The van der Waals surface area contributed by atoms with Crippen molar-refractivity contribution < 1.29 is 9.18 Å². The molecule has 0 aliphatic carbocycles. The van der Waals surface area contributed by atoms with E-state index in [1.165, 1.54) is 12.1 Å². The van der Waals surface area contributed by atoms with Crippen LogP contribution < -0.4 is 10.6 Å². The monoisotopic (exact) mass is 261 g/mol. The maximum Gasteiger partial charge on any atom is 0.243 e. The van der Waals surface area contributed by atoms with Gasteiger partial charge in [-0.25, -0.2) is 14.4 Å². The molecule has 1 amide bonds. The number of amides is 1. The maximum absolute atomic E-state index is 12.7. The Labute approximate surface area is 108 Å². The molecule has 1 aliphatic rings. The molecule has 0 fully saturated rings. The largest absolute Gasteiger partial charge is 0.347 e. The van der Waals surface area contributed by atoms with E-state index in [0.29, 0.717) is 18.8 Å².